The first-order valence-corrected chi connectivity index (χ1v) is 10.6. The first-order chi connectivity index (χ1) is 13.8. The van der Waals surface area contributed by atoms with Crippen molar-refractivity contribution in [3.05, 3.63) is 71.5 Å². The van der Waals surface area contributed by atoms with E-state index in [9.17, 15) is 0 Å². The third-order valence-corrected chi connectivity index (χ3v) is 5.94. The number of hydrogen-bond donors (Lipinski definition) is 0. The second-order valence-corrected chi connectivity index (χ2v) is 7.89. The summed E-state index contributed by atoms with van der Waals surface area (Å²) in [6, 6.07) is 16.8. The highest BCUT2D eigenvalue weighted by Crippen LogP contribution is 2.32. The molecule has 2 aromatic carbocycles. The van der Waals surface area contributed by atoms with E-state index in [4.69, 9.17) is 16.3 Å². The summed E-state index contributed by atoms with van der Waals surface area (Å²) in [5.74, 6) is 0.922. The molecule has 4 rings (SSSR count). The van der Waals surface area contributed by atoms with E-state index in [2.05, 4.69) is 22.0 Å². The lowest BCUT2D eigenvalue weighted by molar-refractivity contribution is 0.143. The molecule has 28 heavy (non-hydrogen) atoms. The number of fused-ring (bicyclic) bond motifs is 1. The third-order valence-electron chi connectivity index (χ3n) is 5.61. The summed E-state index contributed by atoms with van der Waals surface area (Å²) in [7, 11) is 0. The van der Waals surface area contributed by atoms with Crippen LogP contribution in [0.4, 0.5) is 0 Å². The van der Waals surface area contributed by atoms with Crippen molar-refractivity contribution >= 4 is 22.4 Å². The molecule has 1 aliphatic rings. The molecule has 146 valence electrons. The molecule has 0 bridgehead atoms. The molecule has 0 spiro atoms. The van der Waals surface area contributed by atoms with Crippen LogP contribution in [0.5, 0.6) is 5.75 Å². The summed E-state index contributed by atoms with van der Waals surface area (Å²) in [6.07, 6.45) is 9.91. The van der Waals surface area contributed by atoms with E-state index < -0.39 is 0 Å². The predicted octanol–water partition coefficient (Wildman–Crippen LogP) is 6.27. The maximum atomic E-state index is 6.30. The molecule has 0 N–H and O–H groups in total. The second-order valence-electron chi connectivity index (χ2n) is 7.48. The summed E-state index contributed by atoms with van der Waals surface area (Å²) in [5.41, 5.74) is 1.35. The fraction of sp³-hybridized carbons (Fsp3) is 0.375. The molecule has 1 aliphatic heterocycles. The smallest absolute Gasteiger partial charge is 0.127 e. The van der Waals surface area contributed by atoms with Gasteiger partial charge in [0.2, 0.25) is 0 Å². The number of ether oxygens (including phenoxy) is 1. The monoisotopic (exact) mass is 394 g/mol. The molecule has 0 unspecified atom stereocenters. The van der Waals surface area contributed by atoms with Crippen LogP contribution in [0, 0.1) is 0 Å². The van der Waals surface area contributed by atoms with Crippen LogP contribution in [0.1, 0.15) is 43.7 Å². The van der Waals surface area contributed by atoms with E-state index in [0.717, 1.165) is 47.5 Å². The Bertz CT molecular complexity index is 900. The maximum absolute atomic E-state index is 6.30. The first kappa shape index (κ1) is 19.2. The van der Waals surface area contributed by atoms with Crippen molar-refractivity contribution in [3.63, 3.8) is 0 Å². The lowest BCUT2D eigenvalue weighted by Crippen LogP contribution is -2.34. The SMILES string of the molecule is Clc1ccc(OCCCCN2CCCC[C@H]2c2cccnc2)c2ccccc12. The minimum atomic E-state index is 0.517. The summed E-state index contributed by atoms with van der Waals surface area (Å²) < 4.78 is 6.09. The van der Waals surface area contributed by atoms with Crippen LogP contribution in [0.25, 0.3) is 10.8 Å². The van der Waals surface area contributed by atoms with Crippen LogP contribution < -0.4 is 4.74 Å². The van der Waals surface area contributed by atoms with Crippen molar-refractivity contribution in [2.45, 2.75) is 38.1 Å². The molecule has 2 heterocycles. The van der Waals surface area contributed by atoms with Gasteiger partial charge in [0.1, 0.15) is 5.75 Å². The number of benzene rings is 2. The minimum absolute atomic E-state index is 0.517. The highest BCUT2D eigenvalue weighted by Gasteiger charge is 2.23. The van der Waals surface area contributed by atoms with E-state index in [0.29, 0.717) is 6.04 Å². The number of hydrogen-bond acceptors (Lipinski definition) is 3. The van der Waals surface area contributed by atoms with Gasteiger partial charge in [0, 0.05) is 34.2 Å². The van der Waals surface area contributed by atoms with Gasteiger partial charge in [-0.15, -0.1) is 0 Å². The van der Waals surface area contributed by atoms with Gasteiger partial charge in [-0.25, -0.2) is 0 Å². The largest absolute Gasteiger partial charge is 0.493 e. The molecule has 0 saturated carbocycles. The molecule has 3 aromatic rings. The summed E-state index contributed by atoms with van der Waals surface area (Å²) >= 11 is 6.30. The molecule has 1 atom stereocenters. The lowest BCUT2D eigenvalue weighted by Gasteiger charge is -2.35. The molecule has 0 aliphatic carbocycles. The maximum Gasteiger partial charge on any atom is 0.127 e. The predicted molar refractivity (Wildman–Crippen MR) is 116 cm³/mol. The Kier molecular flexibility index (Phi) is 6.45. The fourth-order valence-corrected chi connectivity index (χ4v) is 4.40. The summed E-state index contributed by atoms with van der Waals surface area (Å²) in [4.78, 5) is 6.94. The number of likely N-dealkylation sites (tertiary alicyclic amines) is 1. The van der Waals surface area contributed by atoms with Gasteiger partial charge in [0.05, 0.1) is 6.61 Å². The number of piperidine rings is 1. The van der Waals surface area contributed by atoms with Gasteiger partial charge >= 0.3 is 0 Å². The Balaban J connectivity index is 1.29. The Morgan fingerprint density at radius 2 is 1.89 bits per heavy atom. The van der Waals surface area contributed by atoms with Crippen molar-refractivity contribution in [3.8, 4) is 5.75 Å². The van der Waals surface area contributed by atoms with Gasteiger partial charge in [0.25, 0.3) is 0 Å². The van der Waals surface area contributed by atoms with Crippen LogP contribution in [-0.4, -0.2) is 29.6 Å². The van der Waals surface area contributed by atoms with Gasteiger partial charge in [-0.05, 0) is 62.5 Å². The van der Waals surface area contributed by atoms with E-state index in [1.165, 1.54) is 31.4 Å². The highest BCUT2D eigenvalue weighted by atomic mass is 35.5. The number of halogens is 1. The normalized spacial score (nSPS) is 17.7. The Hall–Kier alpha value is -2.10. The van der Waals surface area contributed by atoms with Crippen molar-refractivity contribution < 1.29 is 4.74 Å². The van der Waals surface area contributed by atoms with Gasteiger partial charge in [0.15, 0.2) is 0 Å². The average Bonchev–Trinajstić information content (AvgIpc) is 2.76. The van der Waals surface area contributed by atoms with Crippen molar-refractivity contribution in [2.75, 3.05) is 19.7 Å². The van der Waals surface area contributed by atoms with Crippen molar-refractivity contribution in [2.24, 2.45) is 0 Å². The molecule has 1 saturated heterocycles. The molecular weight excluding hydrogens is 368 g/mol. The van der Waals surface area contributed by atoms with Crippen LogP contribution in [0.2, 0.25) is 5.02 Å². The van der Waals surface area contributed by atoms with Gasteiger partial charge in [-0.3, -0.25) is 9.88 Å². The molecule has 1 aromatic heterocycles. The van der Waals surface area contributed by atoms with E-state index in [1.807, 2.05) is 48.8 Å². The zero-order valence-electron chi connectivity index (χ0n) is 16.2. The Morgan fingerprint density at radius 3 is 2.75 bits per heavy atom. The van der Waals surface area contributed by atoms with Crippen LogP contribution in [0.15, 0.2) is 60.9 Å². The van der Waals surface area contributed by atoms with E-state index in [1.54, 1.807) is 0 Å². The zero-order valence-corrected chi connectivity index (χ0v) is 16.9. The standard InChI is InChI=1S/C24H27ClN2O/c25-22-12-13-24(21-10-2-1-9-20(21)22)28-17-6-5-16-27-15-4-3-11-23(27)19-8-7-14-26-18-19/h1-2,7-10,12-14,18,23H,3-6,11,15-17H2/t23-/m0/s1. The summed E-state index contributed by atoms with van der Waals surface area (Å²) in [6.45, 7) is 3.03. The first-order valence-electron chi connectivity index (χ1n) is 10.3. The molecular formula is C24H27ClN2O. The molecule has 1 fully saturated rings. The van der Waals surface area contributed by atoms with Crippen LogP contribution >= 0.6 is 11.6 Å². The van der Waals surface area contributed by atoms with Crippen LogP contribution in [0.3, 0.4) is 0 Å². The molecule has 0 radical (unpaired) electrons. The second kappa shape index (κ2) is 9.40. The minimum Gasteiger partial charge on any atom is -0.493 e. The van der Waals surface area contributed by atoms with Gasteiger partial charge in [-0.2, -0.15) is 0 Å². The average molecular weight is 395 g/mol. The Labute approximate surface area is 172 Å². The van der Waals surface area contributed by atoms with Crippen molar-refractivity contribution in [1.82, 2.24) is 9.88 Å². The molecule has 4 heteroatoms. The van der Waals surface area contributed by atoms with Gasteiger partial charge < -0.3 is 4.74 Å². The lowest BCUT2D eigenvalue weighted by atomic mass is 9.96. The number of rotatable bonds is 7. The molecule has 0 amide bonds. The number of pyridine rings is 1. The van der Waals surface area contributed by atoms with Crippen molar-refractivity contribution in [1.29, 1.82) is 0 Å². The quantitative estimate of drug-likeness (QED) is 0.441. The molecule has 3 nitrogen and oxygen atoms in total. The van der Waals surface area contributed by atoms with E-state index >= 15 is 0 Å². The van der Waals surface area contributed by atoms with Gasteiger partial charge in [-0.1, -0.05) is 48.4 Å². The number of aromatic nitrogens is 1. The van der Waals surface area contributed by atoms with Crippen LogP contribution in [-0.2, 0) is 0 Å². The van der Waals surface area contributed by atoms with E-state index in [-0.39, 0.29) is 0 Å². The fourth-order valence-electron chi connectivity index (χ4n) is 4.17. The topological polar surface area (TPSA) is 25.4 Å². The third kappa shape index (κ3) is 4.48. The highest BCUT2D eigenvalue weighted by molar-refractivity contribution is 6.35. The summed E-state index contributed by atoms with van der Waals surface area (Å²) in [5, 5.41) is 2.91. The Morgan fingerprint density at radius 1 is 1.00 bits per heavy atom. The number of unbranched alkanes of at least 4 members (excludes halogenated alkanes) is 1. The zero-order chi connectivity index (χ0) is 19.2. The number of nitrogens with zero attached hydrogens (tertiary/aromatic N) is 2.